The predicted octanol–water partition coefficient (Wildman–Crippen LogP) is 1.21. The van der Waals surface area contributed by atoms with Gasteiger partial charge in [0.2, 0.25) is 0 Å². The third-order valence-corrected chi connectivity index (χ3v) is 2.77. The van der Waals surface area contributed by atoms with Crippen LogP contribution in [0.3, 0.4) is 0 Å². The topological polar surface area (TPSA) is 3.24 Å². The van der Waals surface area contributed by atoms with Crippen molar-refractivity contribution in [1.82, 2.24) is 4.90 Å². The van der Waals surface area contributed by atoms with Crippen molar-refractivity contribution in [2.45, 2.75) is 51.5 Å². The summed E-state index contributed by atoms with van der Waals surface area (Å²) in [4.78, 5) is 2.54. The molecule has 0 atom stereocenters. The minimum absolute atomic E-state index is 0. The van der Waals surface area contributed by atoms with E-state index in [4.69, 9.17) is 0 Å². The zero-order chi connectivity index (χ0) is 8.10. The highest BCUT2D eigenvalue weighted by Gasteiger charge is 2.16. The minimum atomic E-state index is 0. The molecule has 1 fully saturated rings. The average Bonchev–Trinajstić information content (AvgIpc) is 2.07. The van der Waals surface area contributed by atoms with Crippen LogP contribution in [-0.4, -0.2) is 35.5 Å². The van der Waals surface area contributed by atoms with Gasteiger partial charge in [0, 0.05) is 6.04 Å². The lowest BCUT2D eigenvalue weighted by Gasteiger charge is -2.30. The lowest BCUT2D eigenvalue weighted by atomic mass is 9.94. The van der Waals surface area contributed by atoms with E-state index in [0.29, 0.717) is 0 Å². The number of hydrogen-bond donors (Lipinski definition) is 0. The Labute approximate surface area is 81.6 Å². The standard InChI is InChI=1S/C10H21N.H4Si/c1-3-9-11(2)10-7-5-4-6-8-10;/h10H,3-9H2,1-2H3;1H4. The van der Waals surface area contributed by atoms with Gasteiger partial charge in [0.05, 0.1) is 0 Å². The van der Waals surface area contributed by atoms with Crippen LogP contribution >= 0.6 is 0 Å². The van der Waals surface area contributed by atoms with Gasteiger partial charge < -0.3 is 4.90 Å². The first kappa shape index (κ1) is 12.2. The Balaban J connectivity index is 0.00000121. The van der Waals surface area contributed by atoms with Gasteiger partial charge in [-0.25, -0.2) is 0 Å². The highest BCUT2D eigenvalue weighted by molar-refractivity contribution is 5.75. The van der Waals surface area contributed by atoms with Crippen LogP contribution in [0, 0.1) is 0 Å². The molecule has 0 aromatic carbocycles. The van der Waals surface area contributed by atoms with Gasteiger partial charge in [-0.2, -0.15) is 0 Å². The average molecular weight is 187 g/mol. The Morgan fingerprint density at radius 1 is 1.17 bits per heavy atom. The molecule has 2 heteroatoms. The molecular weight excluding hydrogens is 162 g/mol. The minimum Gasteiger partial charge on any atom is -0.303 e. The summed E-state index contributed by atoms with van der Waals surface area (Å²) in [6.45, 7) is 3.55. The van der Waals surface area contributed by atoms with Crippen molar-refractivity contribution in [1.29, 1.82) is 0 Å². The van der Waals surface area contributed by atoms with Crippen LogP contribution in [0.1, 0.15) is 45.4 Å². The van der Waals surface area contributed by atoms with Crippen LogP contribution in [0.2, 0.25) is 0 Å². The molecule has 0 aromatic rings. The predicted molar refractivity (Wildman–Crippen MR) is 61.1 cm³/mol. The summed E-state index contributed by atoms with van der Waals surface area (Å²) in [6.07, 6.45) is 8.56. The molecule has 0 amide bonds. The van der Waals surface area contributed by atoms with Gasteiger partial charge in [-0.05, 0) is 43.8 Å². The van der Waals surface area contributed by atoms with E-state index in [-0.39, 0.29) is 11.0 Å². The number of hydrogen-bond acceptors (Lipinski definition) is 1. The van der Waals surface area contributed by atoms with Gasteiger partial charge in [0.25, 0.3) is 0 Å². The first-order valence-electron chi connectivity index (χ1n) is 5.05. The van der Waals surface area contributed by atoms with Gasteiger partial charge in [-0.1, -0.05) is 26.2 Å². The summed E-state index contributed by atoms with van der Waals surface area (Å²) in [6, 6.07) is 0.906. The van der Waals surface area contributed by atoms with E-state index >= 15 is 0 Å². The van der Waals surface area contributed by atoms with Crippen molar-refractivity contribution in [2.24, 2.45) is 0 Å². The molecule has 0 heterocycles. The Morgan fingerprint density at radius 3 is 2.25 bits per heavy atom. The lowest BCUT2D eigenvalue weighted by Crippen LogP contribution is -2.33. The quantitative estimate of drug-likeness (QED) is 0.600. The second-order valence-corrected chi connectivity index (χ2v) is 3.77. The van der Waals surface area contributed by atoms with E-state index in [1.807, 2.05) is 0 Å². The van der Waals surface area contributed by atoms with Gasteiger partial charge in [0.15, 0.2) is 0 Å². The molecule has 12 heavy (non-hydrogen) atoms. The maximum atomic E-state index is 2.54. The van der Waals surface area contributed by atoms with Gasteiger partial charge in [-0.15, -0.1) is 0 Å². The zero-order valence-corrected chi connectivity index (χ0v) is 7.97. The fourth-order valence-electron chi connectivity index (χ4n) is 2.06. The van der Waals surface area contributed by atoms with Crippen molar-refractivity contribution in [3.8, 4) is 0 Å². The zero-order valence-electron chi connectivity index (χ0n) is 7.97. The number of rotatable bonds is 3. The summed E-state index contributed by atoms with van der Waals surface area (Å²) < 4.78 is 0. The first-order chi connectivity index (χ1) is 5.34. The van der Waals surface area contributed by atoms with Gasteiger partial charge >= 0.3 is 0 Å². The van der Waals surface area contributed by atoms with Crippen molar-refractivity contribution in [3.05, 3.63) is 0 Å². The largest absolute Gasteiger partial charge is 0.303 e. The molecule has 0 aliphatic heterocycles. The third kappa shape index (κ3) is 3.72. The molecule has 74 valence electrons. The lowest BCUT2D eigenvalue weighted by molar-refractivity contribution is 0.192. The monoisotopic (exact) mass is 187 g/mol. The smallest absolute Gasteiger partial charge is 0.00922 e. The van der Waals surface area contributed by atoms with Crippen LogP contribution < -0.4 is 0 Å². The van der Waals surface area contributed by atoms with E-state index in [1.165, 1.54) is 45.1 Å². The third-order valence-electron chi connectivity index (χ3n) is 2.77. The second kappa shape index (κ2) is 6.67. The van der Waals surface area contributed by atoms with Crippen LogP contribution in [0.25, 0.3) is 0 Å². The SMILES string of the molecule is CCCN(C)C1CCCCC1.[SiH4]. The molecule has 1 aliphatic rings. The molecular formula is C10H25NSi. The summed E-state index contributed by atoms with van der Waals surface area (Å²) in [7, 11) is 2.28. The summed E-state index contributed by atoms with van der Waals surface area (Å²) in [5.74, 6) is 0. The molecule has 1 rings (SSSR count). The molecule has 0 unspecified atom stereocenters. The molecule has 0 aromatic heterocycles. The maximum Gasteiger partial charge on any atom is 0.00922 e. The van der Waals surface area contributed by atoms with Crippen molar-refractivity contribution >= 4 is 11.0 Å². The summed E-state index contributed by atoms with van der Waals surface area (Å²) in [5, 5.41) is 0. The van der Waals surface area contributed by atoms with Crippen molar-refractivity contribution in [3.63, 3.8) is 0 Å². The van der Waals surface area contributed by atoms with Crippen LogP contribution in [-0.2, 0) is 0 Å². The molecule has 0 N–H and O–H groups in total. The normalized spacial score (nSPS) is 19.2. The maximum absolute atomic E-state index is 2.54. The van der Waals surface area contributed by atoms with Crippen LogP contribution in [0.15, 0.2) is 0 Å². The van der Waals surface area contributed by atoms with E-state index in [1.54, 1.807) is 0 Å². The van der Waals surface area contributed by atoms with E-state index < -0.39 is 0 Å². The number of nitrogens with zero attached hydrogens (tertiary/aromatic N) is 1. The van der Waals surface area contributed by atoms with Crippen molar-refractivity contribution < 1.29 is 0 Å². The molecule has 0 saturated heterocycles. The fraction of sp³-hybridized carbons (Fsp3) is 1.00. The molecule has 0 spiro atoms. The van der Waals surface area contributed by atoms with Gasteiger partial charge in [-0.3, -0.25) is 0 Å². The Kier molecular flexibility index (Phi) is 6.77. The summed E-state index contributed by atoms with van der Waals surface area (Å²) >= 11 is 0. The molecule has 1 saturated carbocycles. The molecule has 0 radical (unpaired) electrons. The second-order valence-electron chi connectivity index (χ2n) is 3.77. The van der Waals surface area contributed by atoms with Crippen molar-refractivity contribution in [2.75, 3.05) is 13.6 Å². The molecule has 0 bridgehead atoms. The van der Waals surface area contributed by atoms with E-state index in [2.05, 4.69) is 18.9 Å². The Morgan fingerprint density at radius 2 is 1.75 bits per heavy atom. The first-order valence-corrected chi connectivity index (χ1v) is 5.05. The highest BCUT2D eigenvalue weighted by atomic mass is 28.1. The van der Waals surface area contributed by atoms with Gasteiger partial charge in [0.1, 0.15) is 0 Å². The Hall–Kier alpha value is 0.177. The van der Waals surface area contributed by atoms with Crippen LogP contribution in [0.5, 0.6) is 0 Å². The van der Waals surface area contributed by atoms with E-state index in [9.17, 15) is 0 Å². The molecule has 1 aliphatic carbocycles. The summed E-state index contributed by atoms with van der Waals surface area (Å²) in [5.41, 5.74) is 0. The molecule has 1 nitrogen and oxygen atoms in total. The fourth-order valence-corrected chi connectivity index (χ4v) is 2.06. The van der Waals surface area contributed by atoms with E-state index in [0.717, 1.165) is 6.04 Å². The van der Waals surface area contributed by atoms with Crippen LogP contribution in [0.4, 0.5) is 0 Å². The Bertz CT molecular complexity index is 100. The highest BCUT2D eigenvalue weighted by Crippen LogP contribution is 2.21.